The predicted octanol–water partition coefficient (Wildman–Crippen LogP) is 3.65. The number of nitrogens with zero attached hydrogens (tertiary/aromatic N) is 2. The minimum atomic E-state index is -0.183. The van der Waals surface area contributed by atoms with Crippen LogP contribution in [0.2, 0.25) is 10.0 Å². The monoisotopic (exact) mass is 380 g/mol. The van der Waals surface area contributed by atoms with E-state index in [1.54, 1.807) is 18.2 Å². The second kappa shape index (κ2) is 8.21. The predicted molar refractivity (Wildman–Crippen MR) is 101 cm³/mol. The van der Waals surface area contributed by atoms with Gasteiger partial charge in [-0.1, -0.05) is 36.2 Å². The second-order valence-electron chi connectivity index (χ2n) is 6.43. The number of carbonyl (C=O) groups excluding carboxylic acids is 1. The highest BCUT2D eigenvalue weighted by molar-refractivity contribution is 6.36. The van der Waals surface area contributed by atoms with Crippen LogP contribution in [0, 0.1) is 0 Å². The van der Waals surface area contributed by atoms with E-state index in [4.69, 9.17) is 23.2 Å². The standard InChI is InChI=1S/C18H22Cl2N4O/c1-12(17-14(19)5-2-6-15(17)20)10-22-18(25)16-7-9-24(23-16)13-4-3-8-21-11-13/h2,5-7,9,12-13,21H,3-4,8,10-11H2,1H3,(H,22,25). The molecule has 1 saturated heterocycles. The van der Waals surface area contributed by atoms with Crippen LogP contribution < -0.4 is 10.6 Å². The van der Waals surface area contributed by atoms with Gasteiger partial charge in [0.2, 0.25) is 0 Å². The maximum Gasteiger partial charge on any atom is 0.271 e. The lowest BCUT2D eigenvalue weighted by molar-refractivity contribution is 0.0945. The second-order valence-corrected chi connectivity index (χ2v) is 7.24. The van der Waals surface area contributed by atoms with Crippen LogP contribution in [-0.4, -0.2) is 35.3 Å². The molecule has 0 saturated carbocycles. The van der Waals surface area contributed by atoms with Crippen molar-refractivity contribution < 1.29 is 4.79 Å². The zero-order chi connectivity index (χ0) is 17.8. The van der Waals surface area contributed by atoms with Gasteiger partial charge in [0.15, 0.2) is 0 Å². The molecule has 7 heteroatoms. The van der Waals surface area contributed by atoms with Gasteiger partial charge in [-0.3, -0.25) is 9.48 Å². The minimum absolute atomic E-state index is 0.00906. The molecule has 134 valence electrons. The van der Waals surface area contributed by atoms with Gasteiger partial charge in [-0.15, -0.1) is 0 Å². The van der Waals surface area contributed by atoms with Crippen molar-refractivity contribution in [1.82, 2.24) is 20.4 Å². The number of carbonyl (C=O) groups is 1. The molecule has 5 nitrogen and oxygen atoms in total. The average Bonchev–Trinajstić information content (AvgIpc) is 3.10. The van der Waals surface area contributed by atoms with Gasteiger partial charge in [0.25, 0.3) is 5.91 Å². The van der Waals surface area contributed by atoms with Gasteiger partial charge in [0, 0.05) is 35.2 Å². The number of piperidine rings is 1. The maximum atomic E-state index is 12.4. The van der Waals surface area contributed by atoms with Gasteiger partial charge in [-0.25, -0.2) is 0 Å². The highest BCUT2D eigenvalue weighted by Gasteiger charge is 2.19. The first-order chi connectivity index (χ1) is 12.1. The van der Waals surface area contributed by atoms with E-state index >= 15 is 0 Å². The first-order valence-corrected chi connectivity index (χ1v) is 9.30. The zero-order valence-electron chi connectivity index (χ0n) is 14.1. The molecule has 1 aliphatic heterocycles. The lowest BCUT2D eigenvalue weighted by atomic mass is 10.0. The fourth-order valence-corrected chi connectivity index (χ4v) is 3.91. The summed E-state index contributed by atoms with van der Waals surface area (Å²) < 4.78 is 1.88. The molecular formula is C18H22Cl2N4O. The Balaban J connectivity index is 1.60. The summed E-state index contributed by atoms with van der Waals surface area (Å²) in [6, 6.07) is 7.50. The Morgan fingerprint density at radius 2 is 2.16 bits per heavy atom. The molecule has 1 aliphatic rings. The van der Waals surface area contributed by atoms with Gasteiger partial charge in [0.1, 0.15) is 5.69 Å². The fraction of sp³-hybridized carbons (Fsp3) is 0.444. The fourth-order valence-electron chi connectivity index (χ4n) is 3.14. The van der Waals surface area contributed by atoms with Crippen molar-refractivity contribution in [3.05, 3.63) is 51.8 Å². The van der Waals surface area contributed by atoms with E-state index < -0.39 is 0 Å². The van der Waals surface area contributed by atoms with Gasteiger partial charge < -0.3 is 10.6 Å². The molecule has 1 fully saturated rings. The van der Waals surface area contributed by atoms with Gasteiger partial charge in [-0.2, -0.15) is 5.10 Å². The largest absolute Gasteiger partial charge is 0.350 e. The van der Waals surface area contributed by atoms with Crippen molar-refractivity contribution in [3.8, 4) is 0 Å². The van der Waals surface area contributed by atoms with Crippen molar-refractivity contribution in [1.29, 1.82) is 0 Å². The Morgan fingerprint density at radius 1 is 1.40 bits per heavy atom. The third-order valence-electron chi connectivity index (χ3n) is 4.55. The number of rotatable bonds is 5. The first kappa shape index (κ1) is 18.2. The van der Waals surface area contributed by atoms with Crippen molar-refractivity contribution in [2.75, 3.05) is 19.6 Å². The summed E-state index contributed by atoms with van der Waals surface area (Å²) in [7, 11) is 0. The smallest absolute Gasteiger partial charge is 0.271 e. The molecule has 0 aliphatic carbocycles. The van der Waals surface area contributed by atoms with E-state index in [0.717, 1.165) is 31.5 Å². The van der Waals surface area contributed by atoms with E-state index in [2.05, 4.69) is 15.7 Å². The third-order valence-corrected chi connectivity index (χ3v) is 5.21. The molecule has 2 heterocycles. The van der Waals surface area contributed by atoms with Crippen LogP contribution in [0.15, 0.2) is 30.5 Å². The molecule has 1 aromatic heterocycles. The Hall–Kier alpha value is -1.56. The highest BCUT2D eigenvalue weighted by atomic mass is 35.5. The average molecular weight is 381 g/mol. The number of hydrogen-bond acceptors (Lipinski definition) is 3. The molecule has 1 aromatic carbocycles. The first-order valence-electron chi connectivity index (χ1n) is 8.54. The lowest BCUT2D eigenvalue weighted by Gasteiger charge is -2.22. The zero-order valence-corrected chi connectivity index (χ0v) is 15.6. The molecular weight excluding hydrogens is 359 g/mol. The molecule has 0 spiro atoms. The SMILES string of the molecule is CC(CNC(=O)c1ccn(C2CCCNC2)n1)c1c(Cl)cccc1Cl. The van der Waals surface area contributed by atoms with Gasteiger partial charge in [0.05, 0.1) is 6.04 Å². The number of halogens is 2. The minimum Gasteiger partial charge on any atom is -0.350 e. The van der Waals surface area contributed by atoms with Crippen LogP contribution in [0.25, 0.3) is 0 Å². The quantitative estimate of drug-likeness (QED) is 0.831. The number of benzene rings is 1. The maximum absolute atomic E-state index is 12.4. The van der Waals surface area contributed by atoms with Gasteiger partial charge in [-0.05, 0) is 43.1 Å². The lowest BCUT2D eigenvalue weighted by Crippen LogP contribution is -2.32. The van der Waals surface area contributed by atoms with Crippen LogP contribution in [0.5, 0.6) is 0 Å². The molecule has 2 aromatic rings. The van der Waals surface area contributed by atoms with Crippen molar-refractivity contribution in [2.24, 2.45) is 0 Å². The molecule has 2 unspecified atom stereocenters. The summed E-state index contributed by atoms with van der Waals surface area (Å²) in [6.45, 7) is 4.37. The molecule has 0 bridgehead atoms. The van der Waals surface area contributed by atoms with Crippen LogP contribution in [0.4, 0.5) is 0 Å². The summed E-state index contributed by atoms with van der Waals surface area (Å²) in [4.78, 5) is 12.4. The molecule has 2 atom stereocenters. The van der Waals surface area contributed by atoms with Crippen molar-refractivity contribution in [3.63, 3.8) is 0 Å². The van der Waals surface area contributed by atoms with E-state index in [-0.39, 0.29) is 11.8 Å². The Morgan fingerprint density at radius 3 is 2.84 bits per heavy atom. The van der Waals surface area contributed by atoms with Crippen molar-refractivity contribution >= 4 is 29.1 Å². The van der Waals surface area contributed by atoms with E-state index in [1.165, 1.54) is 0 Å². The molecule has 3 rings (SSSR count). The van der Waals surface area contributed by atoms with Crippen LogP contribution in [0.3, 0.4) is 0 Å². The van der Waals surface area contributed by atoms with E-state index in [1.807, 2.05) is 23.9 Å². The van der Waals surface area contributed by atoms with Crippen LogP contribution in [-0.2, 0) is 0 Å². The highest BCUT2D eigenvalue weighted by Crippen LogP contribution is 2.31. The summed E-state index contributed by atoms with van der Waals surface area (Å²) in [5.74, 6) is -0.174. The van der Waals surface area contributed by atoms with Gasteiger partial charge >= 0.3 is 0 Å². The Labute approximate surface area is 157 Å². The molecule has 25 heavy (non-hydrogen) atoms. The summed E-state index contributed by atoms with van der Waals surface area (Å²) in [5.41, 5.74) is 1.29. The van der Waals surface area contributed by atoms with Crippen LogP contribution >= 0.6 is 23.2 Å². The Kier molecular flexibility index (Phi) is 5.99. The summed E-state index contributed by atoms with van der Waals surface area (Å²) in [6.07, 6.45) is 4.08. The Bertz CT molecular complexity index is 720. The van der Waals surface area contributed by atoms with Crippen LogP contribution in [0.1, 0.15) is 47.8 Å². The third kappa shape index (κ3) is 4.35. The van der Waals surface area contributed by atoms with E-state index in [9.17, 15) is 4.79 Å². The molecule has 2 N–H and O–H groups in total. The summed E-state index contributed by atoms with van der Waals surface area (Å²) >= 11 is 12.5. The van der Waals surface area contributed by atoms with E-state index in [0.29, 0.717) is 28.3 Å². The normalized spacial score (nSPS) is 18.8. The number of aromatic nitrogens is 2. The summed E-state index contributed by atoms with van der Waals surface area (Å²) in [5, 5.41) is 11.9. The number of amides is 1. The van der Waals surface area contributed by atoms with Crippen molar-refractivity contribution in [2.45, 2.75) is 31.7 Å². The number of hydrogen-bond donors (Lipinski definition) is 2. The topological polar surface area (TPSA) is 59.0 Å². The number of nitrogens with one attached hydrogen (secondary N) is 2. The molecule has 1 amide bonds. The molecule has 0 radical (unpaired) electrons.